The van der Waals surface area contributed by atoms with Crippen LogP contribution < -0.4 is 11.3 Å². The van der Waals surface area contributed by atoms with Crippen LogP contribution in [0.4, 0.5) is 0 Å². The minimum Gasteiger partial charge on any atom is -0.329 e. The summed E-state index contributed by atoms with van der Waals surface area (Å²) in [4.78, 5) is 4.36. The number of benzene rings is 1. The Morgan fingerprint density at radius 3 is 3.00 bits per heavy atom. The molecule has 1 atom stereocenters. The Labute approximate surface area is 95.4 Å². The lowest BCUT2D eigenvalue weighted by atomic mass is 10.2. The number of nitrogens with zero attached hydrogens (tertiary/aromatic N) is 2. The molecule has 0 spiro atoms. The number of hydrogen-bond donors (Lipinski definition) is 2. The lowest BCUT2D eigenvalue weighted by Gasteiger charge is -2.15. The highest BCUT2D eigenvalue weighted by molar-refractivity contribution is 5.74. The molecule has 0 amide bonds. The molecular weight excluding hydrogens is 200 g/mol. The van der Waals surface area contributed by atoms with E-state index in [4.69, 9.17) is 5.84 Å². The Hall–Kier alpha value is -1.39. The van der Waals surface area contributed by atoms with Gasteiger partial charge < -0.3 is 4.57 Å². The third-order valence-corrected chi connectivity index (χ3v) is 2.82. The lowest BCUT2D eigenvalue weighted by Crippen LogP contribution is -2.38. The summed E-state index contributed by atoms with van der Waals surface area (Å²) in [6.45, 7) is 3.03. The van der Waals surface area contributed by atoms with E-state index >= 15 is 0 Å². The van der Waals surface area contributed by atoms with Crippen LogP contribution in [-0.4, -0.2) is 15.6 Å². The van der Waals surface area contributed by atoms with Gasteiger partial charge in [-0.15, -0.1) is 0 Å². The van der Waals surface area contributed by atoms with Crippen LogP contribution in [-0.2, 0) is 6.54 Å². The van der Waals surface area contributed by atoms with Crippen LogP contribution >= 0.6 is 0 Å². The topological polar surface area (TPSA) is 55.9 Å². The second kappa shape index (κ2) is 5.09. The maximum absolute atomic E-state index is 5.54. The van der Waals surface area contributed by atoms with Gasteiger partial charge in [0.2, 0.25) is 0 Å². The van der Waals surface area contributed by atoms with Crippen molar-refractivity contribution in [3.63, 3.8) is 0 Å². The van der Waals surface area contributed by atoms with Crippen molar-refractivity contribution in [2.45, 2.75) is 32.4 Å². The molecule has 1 aromatic carbocycles. The van der Waals surface area contributed by atoms with Gasteiger partial charge in [0.05, 0.1) is 17.4 Å². The van der Waals surface area contributed by atoms with Crippen LogP contribution in [0.3, 0.4) is 0 Å². The van der Waals surface area contributed by atoms with Crippen molar-refractivity contribution in [2.75, 3.05) is 0 Å². The molecule has 4 nitrogen and oxygen atoms in total. The molecule has 0 saturated carbocycles. The molecule has 2 aromatic rings. The Kier molecular flexibility index (Phi) is 3.54. The summed E-state index contributed by atoms with van der Waals surface area (Å²) in [6, 6.07) is 8.45. The second-order valence-corrected chi connectivity index (χ2v) is 4.04. The highest BCUT2D eigenvalue weighted by Gasteiger charge is 2.08. The van der Waals surface area contributed by atoms with Crippen LogP contribution in [0.5, 0.6) is 0 Å². The summed E-state index contributed by atoms with van der Waals surface area (Å²) in [5.41, 5.74) is 5.06. The number of nitrogens with one attached hydrogen (secondary N) is 1. The predicted molar refractivity (Wildman–Crippen MR) is 65.8 cm³/mol. The van der Waals surface area contributed by atoms with Gasteiger partial charge in [-0.05, 0) is 18.6 Å². The monoisotopic (exact) mass is 218 g/mol. The summed E-state index contributed by atoms with van der Waals surface area (Å²) < 4.78 is 2.15. The molecule has 0 aliphatic rings. The van der Waals surface area contributed by atoms with Gasteiger partial charge in [-0.1, -0.05) is 25.5 Å². The molecule has 1 aromatic heterocycles. The van der Waals surface area contributed by atoms with E-state index in [1.807, 2.05) is 24.5 Å². The molecular formula is C12H18N4. The number of para-hydroxylation sites is 2. The molecule has 0 radical (unpaired) electrons. The van der Waals surface area contributed by atoms with Crippen molar-refractivity contribution in [3.05, 3.63) is 30.6 Å². The fraction of sp³-hybridized carbons (Fsp3) is 0.417. The molecule has 0 aliphatic heterocycles. The van der Waals surface area contributed by atoms with Crippen molar-refractivity contribution in [1.29, 1.82) is 0 Å². The van der Waals surface area contributed by atoms with Crippen LogP contribution in [0.2, 0.25) is 0 Å². The average Bonchev–Trinajstić information content (AvgIpc) is 2.72. The third kappa shape index (κ3) is 2.23. The van der Waals surface area contributed by atoms with E-state index in [-0.39, 0.29) is 0 Å². The van der Waals surface area contributed by atoms with Crippen molar-refractivity contribution in [3.8, 4) is 0 Å². The Balaban J connectivity index is 2.20. The standard InChI is InChI=1S/C12H18N4/c1-2-5-10(15-13)8-16-9-14-11-6-3-4-7-12(11)16/h3-4,6-7,9-10,15H,2,5,8,13H2,1H3. The zero-order valence-electron chi connectivity index (χ0n) is 9.56. The normalized spacial score (nSPS) is 13.1. The van der Waals surface area contributed by atoms with Crippen molar-refractivity contribution in [2.24, 2.45) is 5.84 Å². The first-order valence-electron chi connectivity index (χ1n) is 5.71. The van der Waals surface area contributed by atoms with Gasteiger partial charge in [0.1, 0.15) is 0 Å². The Bertz CT molecular complexity index is 449. The van der Waals surface area contributed by atoms with Gasteiger partial charge >= 0.3 is 0 Å². The summed E-state index contributed by atoms with van der Waals surface area (Å²) >= 11 is 0. The molecule has 0 saturated heterocycles. The highest BCUT2D eigenvalue weighted by Crippen LogP contribution is 2.12. The second-order valence-electron chi connectivity index (χ2n) is 4.04. The molecule has 1 unspecified atom stereocenters. The van der Waals surface area contributed by atoms with E-state index in [0.717, 1.165) is 24.9 Å². The fourth-order valence-corrected chi connectivity index (χ4v) is 1.97. The summed E-state index contributed by atoms with van der Waals surface area (Å²) in [5, 5.41) is 0. The molecule has 86 valence electrons. The SMILES string of the molecule is CCCC(Cn1cnc2ccccc21)NN. The van der Waals surface area contributed by atoms with E-state index in [9.17, 15) is 0 Å². The lowest BCUT2D eigenvalue weighted by molar-refractivity contribution is 0.433. The summed E-state index contributed by atoms with van der Waals surface area (Å²) in [6.07, 6.45) is 4.08. The molecule has 0 bridgehead atoms. The Morgan fingerprint density at radius 1 is 1.44 bits per heavy atom. The minimum absolute atomic E-state index is 0.308. The quantitative estimate of drug-likeness (QED) is 0.593. The van der Waals surface area contributed by atoms with Crippen LogP contribution in [0.25, 0.3) is 11.0 Å². The van der Waals surface area contributed by atoms with Gasteiger partial charge in [0, 0.05) is 12.6 Å². The van der Waals surface area contributed by atoms with Crippen molar-refractivity contribution < 1.29 is 0 Å². The fourth-order valence-electron chi connectivity index (χ4n) is 1.97. The molecule has 0 aliphatic carbocycles. The third-order valence-electron chi connectivity index (χ3n) is 2.82. The minimum atomic E-state index is 0.308. The Morgan fingerprint density at radius 2 is 2.25 bits per heavy atom. The first kappa shape index (κ1) is 11.1. The number of nitrogens with two attached hydrogens (primary N) is 1. The first-order chi connectivity index (χ1) is 7.85. The molecule has 0 fully saturated rings. The van der Waals surface area contributed by atoms with Gasteiger partial charge in [-0.25, -0.2) is 4.98 Å². The number of imidazole rings is 1. The largest absolute Gasteiger partial charge is 0.329 e. The zero-order chi connectivity index (χ0) is 11.4. The van der Waals surface area contributed by atoms with Gasteiger partial charge in [-0.3, -0.25) is 11.3 Å². The number of hydrazine groups is 1. The van der Waals surface area contributed by atoms with Gasteiger partial charge in [0.25, 0.3) is 0 Å². The molecule has 1 heterocycles. The van der Waals surface area contributed by atoms with Crippen molar-refractivity contribution in [1.82, 2.24) is 15.0 Å². The van der Waals surface area contributed by atoms with E-state index in [1.165, 1.54) is 5.52 Å². The summed E-state index contributed by atoms with van der Waals surface area (Å²) in [5.74, 6) is 5.54. The summed E-state index contributed by atoms with van der Waals surface area (Å²) in [7, 11) is 0. The van der Waals surface area contributed by atoms with Gasteiger partial charge in [0.15, 0.2) is 0 Å². The van der Waals surface area contributed by atoms with E-state index in [2.05, 4.69) is 28.0 Å². The number of aromatic nitrogens is 2. The predicted octanol–water partition coefficient (Wildman–Crippen LogP) is 1.67. The van der Waals surface area contributed by atoms with Crippen LogP contribution in [0.15, 0.2) is 30.6 Å². The number of fused-ring (bicyclic) bond motifs is 1. The van der Waals surface area contributed by atoms with E-state index in [0.29, 0.717) is 6.04 Å². The van der Waals surface area contributed by atoms with Crippen molar-refractivity contribution >= 4 is 11.0 Å². The number of hydrogen-bond acceptors (Lipinski definition) is 3. The average molecular weight is 218 g/mol. The van der Waals surface area contributed by atoms with Crippen LogP contribution in [0, 0.1) is 0 Å². The molecule has 2 rings (SSSR count). The molecule has 3 N–H and O–H groups in total. The molecule has 4 heteroatoms. The van der Waals surface area contributed by atoms with Gasteiger partial charge in [-0.2, -0.15) is 0 Å². The van der Waals surface area contributed by atoms with E-state index < -0.39 is 0 Å². The maximum Gasteiger partial charge on any atom is 0.0958 e. The molecule has 16 heavy (non-hydrogen) atoms. The first-order valence-corrected chi connectivity index (χ1v) is 5.71. The maximum atomic E-state index is 5.54. The smallest absolute Gasteiger partial charge is 0.0958 e. The van der Waals surface area contributed by atoms with Crippen LogP contribution in [0.1, 0.15) is 19.8 Å². The number of rotatable bonds is 5. The highest BCUT2D eigenvalue weighted by atomic mass is 15.2. The van der Waals surface area contributed by atoms with E-state index in [1.54, 1.807) is 0 Å². The zero-order valence-corrected chi connectivity index (χ0v) is 9.56.